The Hall–Kier alpha value is -2.67. The van der Waals surface area contributed by atoms with Gasteiger partial charge in [-0.15, -0.1) is 0 Å². The van der Waals surface area contributed by atoms with Crippen molar-refractivity contribution in [3.63, 3.8) is 0 Å². The van der Waals surface area contributed by atoms with Crippen LogP contribution in [0.15, 0.2) is 46.9 Å². The molecule has 7 heteroatoms. The largest absolute Gasteiger partial charge is 0.497 e. The smallest absolute Gasteiger partial charge is 0.336 e. The van der Waals surface area contributed by atoms with Gasteiger partial charge >= 0.3 is 5.97 Å². The highest BCUT2D eigenvalue weighted by molar-refractivity contribution is 9.10. The zero-order valence-electron chi connectivity index (χ0n) is 12.0. The van der Waals surface area contributed by atoms with Gasteiger partial charge in [0.05, 0.1) is 23.2 Å². The number of ether oxygens (including phenoxy) is 1. The van der Waals surface area contributed by atoms with Gasteiger partial charge in [0.15, 0.2) is 0 Å². The Labute approximate surface area is 140 Å². The summed E-state index contributed by atoms with van der Waals surface area (Å²) in [5, 5.41) is 20.5. The van der Waals surface area contributed by atoms with Gasteiger partial charge in [0.2, 0.25) is 0 Å². The predicted molar refractivity (Wildman–Crippen MR) is 89.3 cm³/mol. The molecule has 0 spiro atoms. The van der Waals surface area contributed by atoms with E-state index in [0.29, 0.717) is 15.8 Å². The molecule has 1 N–H and O–H groups in total. The zero-order valence-corrected chi connectivity index (χ0v) is 13.6. The lowest BCUT2D eigenvalue weighted by atomic mass is 10.0. The van der Waals surface area contributed by atoms with Crippen LogP contribution in [0.4, 0.5) is 5.69 Å². The van der Waals surface area contributed by atoms with Crippen LogP contribution in [0.3, 0.4) is 0 Å². The molecule has 0 fully saturated rings. The number of carbonyl (C=O) groups is 1. The first-order chi connectivity index (χ1) is 10.9. The molecule has 0 radical (unpaired) electrons. The number of benzene rings is 2. The Morgan fingerprint density at radius 2 is 1.91 bits per heavy atom. The molecule has 0 unspecified atom stereocenters. The number of methoxy groups -OCH3 is 1. The number of nitro groups is 1. The van der Waals surface area contributed by atoms with Crippen LogP contribution in [0, 0.1) is 10.1 Å². The Kier molecular flexibility index (Phi) is 5.13. The number of carboxylic acid groups (broad SMARTS) is 1. The predicted octanol–water partition coefficient (Wildman–Crippen LogP) is 3.99. The quantitative estimate of drug-likeness (QED) is 0.368. The van der Waals surface area contributed by atoms with E-state index in [-0.39, 0.29) is 16.8 Å². The van der Waals surface area contributed by atoms with Crippen molar-refractivity contribution in [1.82, 2.24) is 0 Å². The second-order valence-electron chi connectivity index (χ2n) is 4.55. The first kappa shape index (κ1) is 16.7. The van der Waals surface area contributed by atoms with E-state index in [1.54, 1.807) is 24.3 Å². The van der Waals surface area contributed by atoms with E-state index >= 15 is 0 Å². The van der Waals surface area contributed by atoms with E-state index < -0.39 is 10.9 Å². The second-order valence-corrected chi connectivity index (χ2v) is 5.47. The molecule has 0 atom stereocenters. The molecule has 23 heavy (non-hydrogen) atoms. The third kappa shape index (κ3) is 3.95. The summed E-state index contributed by atoms with van der Waals surface area (Å²) in [4.78, 5) is 22.1. The molecule has 2 rings (SSSR count). The van der Waals surface area contributed by atoms with Crippen LogP contribution in [0.5, 0.6) is 5.75 Å². The molecule has 2 aromatic rings. The molecular weight excluding hydrogens is 366 g/mol. The minimum atomic E-state index is -1.18. The molecule has 2 aromatic carbocycles. The maximum Gasteiger partial charge on any atom is 0.336 e. The summed E-state index contributed by atoms with van der Waals surface area (Å²) in [7, 11) is 1.51. The molecule has 0 aliphatic carbocycles. The van der Waals surface area contributed by atoms with Crippen molar-refractivity contribution in [3.05, 3.63) is 68.2 Å². The van der Waals surface area contributed by atoms with Gasteiger partial charge in [0, 0.05) is 10.5 Å². The van der Waals surface area contributed by atoms with E-state index in [1.807, 2.05) is 0 Å². The Morgan fingerprint density at radius 3 is 2.43 bits per heavy atom. The number of aliphatic carboxylic acids is 1. The maximum atomic E-state index is 11.5. The highest BCUT2D eigenvalue weighted by atomic mass is 79.9. The van der Waals surface area contributed by atoms with E-state index in [1.165, 1.54) is 31.4 Å². The van der Waals surface area contributed by atoms with Crippen molar-refractivity contribution in [2.75, 3.05) is 7.11 Å². The van der Waals surface area contributed by atoms with Crippen molar-refractivity contribution < 1.29 is 19.6 Å². The minimum Gasteiger partial charge on any atom is -0.497 e. The van der Waals surface area contributed by atoms with E-state index in [0.717, 1.165) is 0 Å². The lowest BCUT2D eigenvalue weighted by Gasteiger charge is -2.06. The van der Waals surface area contributed by atoms with Gasteiger partial charge in [-0.25, -0.2) is 4.79 Å². The standard InChI is InChI=1S/C16H12BrNO5/c1-23-13-5-2-10(3-6-13)14(16(19)20)9-11-8-12(17)4-7-15(11)18(21)22/h2-9H,1H3,(H,19,20)/b14-9-. The van der Waals surface area contributed by atoms with Crippen molar-refractivity contribution in [2.24, 2.45) is 0 Å². The van der Waals surface area contributed by atoms with Gasteiger partial charge in [-0.3, -0.25) is 10.1 Å². The fourth-order valence-corrected chi connectivity index (χ4v) is 2.38. The average Bonchev–Trinajstić information content (AvgIpc) is 2.52. The number of rotatable bonds is 5. The lowest BCUT2D eigenvalue weighted by Crippen LogP contribution is -2.00. The molecule has 0 saturated carbocycles. The lowest BCUT2D eigenvalue weighted by molar-refractivity contribution is -0.385. The van der Waals surface area contributed by atoms with Crippen LogP contribution in [-0.4, -0.2) is 23.1 Å². The Bertz CT molecular complexity index is 784. The zero-order chi connectivity index (χ0) is 17.0. The first-order valence-corrected chi connectivity index (χ1v) is 7.25. The van der Waals surface area contributed by atoms with Crippen LogP contribution in [-0.2, 0) is 4.79 Å². The van der Waals surface area contributed by atoms with Crippen LogP contribution in [0.25, 0.3) is 11.6 Å². The van der Waals surface area contributed by atoms with Crippen molar-refractivity contribution in [2.45, 2.75) is 0 Å². The number of carboxylic acids is 1. The van der Waals surface area contributed by atoms with Gasteiger partial charge in [-0.1, -0.05) is 28.1 Å². The maximum absolute atomic E-state index is 11.5. The number of nitro benzene ring substituents is 1. The average molecular weight is 378 g/mol. The number of hydrogen-bond acceptors (Lipinski definition) is 4. The van der Waals surface area contributed by atoms with Gasteiger partial charge in [-0.05, 0) is 35.9 Å². The first-order valence-electron chi connectivity index (χ1n) is 6.45. The van der Waals surface area contributed by atoms with Crippen molar-refractivity contribution >= 4 is 39.2 Å². The number of hydrogen-bond donors (Lipinski definition) is 1. The van der Waals surface area contributed by atoms with Crippen LogP contribution in [0.2, 0.25) is 0 Å². The second kappa shape index (κ2) is 7.06. The molecule has 0 bridgehead atoms. The summed E-state index contributed by atoms with van der Waals surface area (Å²) < 4.78 is 5.65. The molecule has 6 nitrogen and oxygen atoms in total. The molecule has 0 heterocycles. The van der Waals surface area contributed by atoms with Crippen LogP contribution < -0.4 is 4.74 Å². The molecule has 0 aliphatic heterocycles. The summed E-state index contributed by atoms with van der Waals surface area (Å²) in [5.41, 5.74) is 0.416. The summed E-state index contributed by atoms with van der Waals surface area (Å²) in [6.45, 7) is 0. The summed E-state index contributed by atoms with van der Waals surface area (Å²) in [5.74, 6) is -0.587. The molecule has 0 amide bonds. The highest BCUT2D eigenvalue weighted by Gasteiger charge is 2.16. The number of nitrogens with zero attached hydrogens (tertiary/aromatic N) is 1. The summed E-state index contributed by atoms with van der Waals surface area (Å²) >= 11 is 3.23. The summed E-state index contributed by atoms with van der Waals surface area (Å²) in [6.07, 6.45) is 1.28. The monoisotopic (exact) mass is 377 g/mol. The Balaban J connectivity index is 2.57. The SMILES string of the molecule is COc1ccc(/C(=C/c2cc(Br)ccc2[N+](=O)[O-])C(=O)O)cc1. The third-order valence-electron chi connectivity index (χ3n) is 3.12. The molecule has 0 aromatic heterocycles. The van der Waals surface area contributed by atoms with Gasteiger partial charge < -0.3 is 9.84 Å². The molecular formula is C16H12BrNO5. The van der Waals surface area contributed by atoms with Gasteiger partial charge in [0.25, 0.3) is 5.69 Å². The number of halogens is 1. The normalized spacial score (nSPS) is 11.1. The van der Waals surface area contributed by atoms with Gasteiger partial charge in [-0.2, -0.15) is 0 Å². The minimum absolute atomic E-state index is 0.0474. The summed E-state index contributed by atoms with van der Waals surface area (Å²) in [6, 6.07) is 10.8. The van der Waals surface area contributed by atoms with Crippen LogP contribution >= 0.6 is 15.9 Å². The third-order valence-corrected chi connectivity index (χ3v) is 3.61. The van der Waals surface area contributed by atoms with Crippen LogP contribution in [0.1, 0.15) is 11.1 Å². The van der Waals surface area contributed by atoms with E-state index in [9.17, 15) is 20.0 Å². The molecule has 0 saturated heterocycles. The fourth-order valence-electron chi connectivity index (χ4n) is 2.00. The van der Waals surface area contributed by atoms with Crippen molar-refractivity contribution in [3.8, 4) is 5.75 Å². The highest BCUT2D eigenvalue weighted by Crippen LogP contribution is 2.28. The van der Waals surface area contributed by atoms with Gasteiger partial charge in [0.1, 0.15) is 5.75 Å². The molecule has 0 aliphatic rings. The van der Waals surface area contributed by atoms with E-state index in [2.05, 4.69) is 15.9 Å². The van der Waals surface area contributed by atoms with E-state index in [4.69, 9.17) is 4.74 Å². The molecule has 118 valence electrons. The topological polar surface area (TPSA) is 89.7 Å². The Morgan fingerprint density at radius 1 is 1.26 bits per heavy atom. The fraction of sp³-hybridized carbons (Fsp3) is 0.0625. The van der Waals surface area contributed by atoms with Crippen molar-refractivity contribution in [1.29, 1.82) is 0 Å².